The quantitative estimate of drug-likeness (QED) is 0.518. The molecule has 4 N–H and O–H groups in total. The summed E-state index contributed by atoms with van der Waals surface area (Å²) >= 11 is 0. The van der Waals surface area contributed by atoms with Gasteiger partial charge in [0.1, 0.15) is 0 Å². The molecule has 0 amide bonds. The maximum Gasteiger partial charge on any atom is 0.328 e. The summed E-state index contributed by atoms with van der Waals surface area (Å²) in [6.07, 6.45) is 1.12. The van der Waals surface area contributed by atoms with Crippen molar-refractivity contribution < 1.29 is 19.8 Å². The summed E-state index contributed by atoms with van der Waals surface area (Å²) in [6.45, 7) is 2.00. The molecule has 1 aromatic rings. The van der Waals surface area contributed by atoms with Gasteiger partial charge in [0.15, 0.2) is 0 Å². The van der Waals surface area contributed by atoms with Gasteiger partial charge in [0.2, 0.25) is 0 Å². The molecule has 0 heterocycles. The molecule has 0 atom stereocenters. The predicted molar refractivity (Wildman–Crippen MR) is 60.0 cm³/mol. The van der Waals surface area contributed by atoms with Crippen molar-refractivity contribution in [1.29, 1.82) is 0 Å². The van der Waals surface area contributed by atoms with Crippen LogP contribution in [-0.4, -0.2) is 22.2 Å². The summed E-state index contributed by atoms with van der Waals surface area (Å²) in [4.78, 5) is 19.1. The third-order valence-corrected chi connectivity index (χ3v) is 1.56. The van der Waals surface area contributed by atoms with Crippen LogP contribution in [0.25, 0.3) is 0 Å². The molecule has 0 aliphatic rings. The van der Waals surface area contributed by atoms with E-state index in [2.05, 4.69) is 0 Å². The van der Waals surface area contributed by atoms with Gasteiger partial charge in [0.25, 0.3) is 0 Å². The van der Waals surface area contributed by atoms with Crippen molar-refractivity contribution in [2.24, 2.45) is 0 Å². The number of hydrogen-bond donors (Lipinski definition) is 3. The third kappa shape index (κ3) is 7.14. The van der Waals surface area contributed by atoms with Crippen molar-refractivity contribution in [1.82, 2.24) is 0 Å². The molecule has 5 heteroatoms. The molecule has 0 spiro atoms. The molecule has 0 aliphatic carbocycles. The number of aryl methyl sites for hydroxylation is 1. The summed E-state index contributed by atoms with van der Waals surface area (Å²) in [7, 11) is 0. The SMILES string of the molecule is Cc1ccccc1N.O=C(O)/C=C\C(=O)O. The first-order valence-electron chi connectivity index (χ1n) is 4.38. The Morgan fingerprint density at radius 2 is 1.56 bits per heavy atom. The van der Waals surface area contributed by atoms with Gasteiger partial charge in [0.05, 0.1) is 0 Å². The van der Waals surface area contributed by atoms with E-state index in [0.29, 0.717) is 12.2 Å². The summed E-state index contributed by atoms with van der Waals surface area (Å²) in [6, 6.07) is 7.80. The highest BCUT2D eigenvalue weighted by atomic mass is 16.4. The lowest BCUT2D eigenvalue weighted by molar-refractivity contribution is -0.134. The maximum atomic E-state index is 9.55. The number of nitrogen functional groups attached to an aromatic ring is 1. The van der Waals surface area contributed by atoms with Crippen LogP contribution in [0.1, 0.15) is 5.56 Å². The van der Waals surface area contributed by atoms with Gasteiger partial charge in [-0.25, -0.2) is 9.59 Å². The average molecular weight is 223 g/mol. The zero-order valence-corrected chi connectivity index (χ0v) is 8.75. The second-order valence-electron chi connectivity index (χ2n) is 2.87. The average Bonchev–Trinajstić information content (AvgIpc) is 2.20. The van der Waals surface area contributed by atoms with E-state index in [9.17, 15) is 9.59 Å². The van der Waals surface area contributed by atoms with E-state index in [1.54, 1.807) is 0 Å². The minimum Gasteiger partial charge on any atom is -0.478 e. The van der Waals surface area contributed by atoms with Gasteiger partial charge < -0.3 is 15.9 Å². The number of hydrogen-bond acceptors (Lipinski definition) is 3. The fourth-order valence-electron chi connectivity index (χ4n) is 0.729. The van der Waals surface area contributed by atoms with Crippen molar-refractivity contribution in [3.63, 3.8) is 0 Å². The summed E-state index contributed by atoms with van der Waals surface area (Å²) in [5.74, 6) is -2.51. The molecular formula is C11H13NO4. The number of para-hydroxylation sites is 1. The monoisotopic (exact) mass is 223 g/mol. The van der Waals surface area contributed by atoms with Crippen LogP contribution in [-0.2, 0) is 9.59 Å². The first-order valence-corrected chi connectivity index (χ1v) is 4.38. The molecule has 0 aliphatic heterocycles. The molecule has 1 aromatic carbocycles. The van der Waals surface area contributed by atoms with E-state index in [1.807, 2.05) is 31.2 Å². The normalized spacial score (nSPS) is 9.31. The Bertz CT molecular complexity index is 362. The van der Waals surface area contributed by atoms with Crippen LogP contribution < -0.4 is 5.73 Å². The van der Waals surface area contributed by atoms with Crippen LogP contribution in [0.2, 0.25) is 0 Å². The molecule has 0 fully saturated rings. The molecule has 0 unspecified atom stereocenters. The second-order valence-corrected chi connectivity index (χ2v) is 2.87. The molecule has 0 saturated heterocycles. The fraction of sp³-hybridized carbons (Fsp3) is 0.0909. The van der Waals surface area contributed by atoms with E-state index in [1.165, 1.54) is 0 Å². The van der Waals surface area contributed by atoms with E-state index < -0.39 is 11.9 Å². The lowest BCUT2D eigenvalue weighted by Gasteiger charge is -1.93. The zero-order chi connectivity index (χ0) is 12.6. The van der Waals surface area contributed by atoms with Crippen molar-refractivity contribution in [2.75, 3.05) is 5.73 Å². The minimum atomic E-state index is -1.26. The molecule has 16 heavy (non-hydrogen) atoms. The van der Waals surface area contributed by atoms with Crippen molar-refractivity contribution in [3.8, 4) is 0 Å². The Hall–Kier alpha value is -2.30. The number of aliphatic carboxylic acids is 2. The van der Waals surface area contributed by atoms with E-state index in [0.717, 1.165) is 11.3 Å². The van der Waals surface area contributed by atoms with Gasteiger partial charge in [-0.3, -0.25) is 0 Å². The number of carboxylic acid groups (broad SMARTS) is 2. The van der Waals surface area contributed by atoms with Crippen molar-refractivity contribution >= 4 is 17.6 Å². The zero-order valence-electron chi connectivity index (χ0n) is 8.75. The first kappa shape index (κ1) is 13.7. The standard InChI is InChI=1S/C7H9N.C4H4O4/c1-6-4-2-3-5-7(6)8;5-3(6)1-2-4(7)8/h2-5H,8H2,1H3;1-2H,(H,5,6)(H,7,8)/b;2-1-. The van der Waals surface area contributed by atoms with Crippen molar-refractivity contribution in [2.45, 2.75) is 6.92 Å². The van der Waals surface area contributed by atoms with Gasteiger partial charge in [0, 0.05) is 17.8 Å². The largest absolute Gasteiger partial charge is 0.478 e. The van der Waals surface area contributed by atoms with Crippen LogP contribution in [0.3, 0.4) is 0 Å². The molecular weight excluding hydrogens is 210 g/mol. The van der Waals surface area contributed by atoms with Crippen LogP contribution in [0.5, 0.6) is 0 Å². The number of carboxylic acids is 2. The van der Waals surface area contributed by atoms with Crippen LogP contribution >= 0.6 is 0 Å². The molecule has 86 valence electrons. The Labute approximate surface area is 92.8 Å². The first-order chi connectivity index (χ1) is 7.43. The van der Waals surface area contributed by atoms with Crippen molar-refractivity contribution in [3.05, 3.63) is 42.0 Å². The number of nitrogens with two attached hydrogens (primary N) is 1. The molecule has 5 nitrogen and oxygen atoms in total. The number of rotatable bonds is 2. The minimum absolute atomic E-state index is 0.558. The molecule has 0 aromatic heterocycles. The van der Waals surface area contributed by atoms with Crippen LogP contribution in [0.4, 0.5) is 5.69 Å². The van der Waals surface area contributed by atoms with E-state index in [-0.39, 0.29) is 0 Å². The summed E-state index contributed by atoms with van der Waals surface area (Å²) in [5, 5.41) is 15.6. The lowest BCUT2D eigenvalue weighted by Crippen LogP contribution is -1.91. The van der Waals surface area contributed by atoms with Gasteiger partial charge in [-0.2, -0.15) is 0 Å². The second kappa shape index (κ2) is 7.05. The smallest absolute Gasteiger partial charge is 0.328 e. The van der Waals surface area contributed by atoms with Crippen LogP contribution in [0, 0.1) is 6.92 Å². The van der Waals surface area contributed by atoms with Gasteiger partial charge in [-0.15, -0.1) is 0 Å². The third-order valence-electron chi connectivity index (χ3n) is 1.56. The Morgan fingerprint density at radius 1 is 1.12 bits per heavy atom. The summed E-state index contributed by atoms with van der Waals surface area (Å²) < 4.78 is 0. The molecule has 0 radical (unpaired) electrons. The van der Waals surface area contributed by atoms with Gasteiger partial charge in [-0.05, 0) is 18.6 Å². The number of carbonyl (C=O) groups is 2. The maximum absolute atomic E-state index is 9.55. The Morgan fingerprint density at radius 3 is 1.81 bits per heavy atom. The summed E-state index contributed by atoms with van der Waals surface area (Å²) in [5.41, 5.74) is 7.53. The molecule has 0 bridgehead atoms. The highest BCUT2D eigenvalue weighted by molar-refractivity contribution is 5.89. The molecule has 0 saturated carbocycles. The Kier molecular flexibility index (Phi) is 6.04. The molecule has 1 rings (SSSR count). The van der Waals surface area contributed by atoms with Gasteiger partial charge in [-0.1, -0.05) is 18.2 Å². The highest BCUT2D eigenvalue weighted by Gasteiger charge is 1.88. The lowest BCUT2D eigenvalue weighted by atomic mass is 10.2. The predicted octanol–water partition coefficient (Wildman–Crippen LogP) is 1.29. The topological polar surface area (TPSA) is 101 Å². The van der Waals surface area contributed by atoms with Crippen LogP contribution in [0.15, 0.2) is 36.4 Å². The fourth-order valence-corrected chi connectivity index (χ4v) is 0.729. The van der Waals surface area contributed by atoms with Gasteiger partial charge >= 0.3 is 11.9 Å². The van der Waals surface area contributed by atoms with E-state index in [4.69, 9.17) is 15.9 Å². The Balaban J connectivity index is 0.000000281. The van der Waals surface area contributed by atoms with E-state index >= 15 is 0 Å². The number of benzene rings is 1. The highest BCUT2D eigenvalue weighted by Crippen LogP contribution is 2.06. The number of anilines is 1.